The molecule has 1 amide bonds. The average molecular weight is 288 g/mol. The number of phenols is 1. The molecule has 0 radical (unpaired) electrons. The van der Waals surface area contributed by atoms with Gasteiger partial charge in [0.15, 0.2) is 0 Å². The van der Waals surface area contributed by atoms with Crippen LogP contribution < -0.4 is 5.32 Å². The highest BCUT2D eigenvalue weighted by molar-refractivity contribution is 5.89. The standard InChI is InChI=1S/C16H20N2O3/c1-16(2,3)13-10-18-15(21-13)14(20)17-8-7-11-5-4-6-12(19)9-11/h4-6,9-10,19H,7-8H2,1-3H3,(H,17,20). The molecule has 2 N–H and O–H groups in total. The zero-order valence-electron chi connectivity index (χ0n) is 12.5. The fourth-order valence-electron chi connectivity index (χ4n) is 1.83. The molecule has 21 heavy (non-hydrogen) atoms. The zero-order chi connectivity index (χ0) is 15.5. The number of nitrogens with one attached hydrogen (secondary N) is 1. The highest BCUT2D eigenvalue weighted by Crippen LogP contribution is 2.22. The zero-order valence-corrected chi connectivity index (χ0v) is 12.5. The highest BCUT2D eigenvalue weighted by Gasteiger charge is 2.21. The van der Waals surface area contributed by atoms with Crippen LogP contribution >= 0.6 is 0 Å². The van der Waals surface area contributed by atoms with Crippen molar-refractivity contribution >= 4 is 5.91 Å². The number of nitrogens with zero attached hydrogens (tertiary/aromatic N) is 1. The van der Waals surface area contributed by atoms with Crippen LogP contribution in [0.3, 0.4) is 0 Å². The Morgan fingerprint density at radius 3 is 2.76 bits per heavy atom. The normalized spacial score (nSPS) is 11.4. The van der Waals surface area contributed by atoms with Gasteiger partial charge in [-0.2, -0.15) is 0 Å². The van der Waals surface area contributed by atoms with Crippen molar-refractivity contribution in [2.45, 2.75) is 32.6 Å². The summed E-state index contributed by atoms with van der Waals surface area (Å²) >= 11 is 0. The number of oxazole rings is 1. The summed E-state index contributed by atoms with van der Waals surface area (Å²) in [5, 5.41) is 12.1. The molecule has 0 aliphatic heterocycles. The molecule has 0 atom stereocenters. The maximum Gasteiger partial charge on any atom is 0.307 e. The van der Waals surface area contributed by atoms with Gasteiger partial charge in [-0.3, -0.25) is 4.79 Å². The average Bonchev–Trinajstić information content (AvgIpc) is 2.88. The molecule has 0 fully saturated rings. The second kappa shape index (κ2) is 5.99. The Morgan fingerprint density at radius 1 is 1.38 bits per heavy atom. The Hall–Kier alpha value is -2.30. The minimum atomic E-state index is -0.328. The van der Waals surface area contributed by atoms with Gasteiger partial charge in [0.05, 0.1) is 6.20 Å². The number of phenolic OH excluding ortho intramolecular Hbond substituents is 1. The summed E-state index contributed by atoms with van der Waals surface area (Å²) in [5.74, 6) is 0.656. The van der Waals surface area contributed by atoms with Gasteiger partial charge < -0.3 is 14.8 Å². The molecule has 0 saturated carbocycles. The topological polar surface area (TPSA) is 75.4 Å². The first-order valence-corrected chi connectivity index (χ1v) is 6.88. The third-order valence-corrected chi connectivity index (χ3v) is 3.05. The molecule has 0 aliphatic carbocycles. The quantitative estimate of drug-likeness (QED) is 0.907. The van der Waals surface area contributed by atoms with E-state index in [0.717, 1.165) is 5.56 Å². The number of rotatable bonds is 4. The van der Waals surface area contributed by atoms with Crippen molar-refractivity contribution in [2.75, 3.05) is 6.54 Å². The van der Waals surface area contributed by atoms with Crippen LogP contribution in [0, 0.1) is 0 Å². The summed E-state index contributed by atoms with van der Waals surface area (Å²) in [5.41, 5.74) is 0.783. The maximum absolute atomic E-state index is 11.9. The van der Waals surface area contributed by atoms with Crippen LogP contribution in [-0.2, 0) is 11.8 Å². The first-order valence-electron chi connectivity index (χ1n) is 6.88. The number of carbonyl (C=O) groups excluding carboxylic acids is 1. The summed E-state index contributed by atoms with van der Waals surface area (Å²) < 4.78 is 5.47. The van der Waals surface area contributed by atoms with Gasteiger partial charge in [-0.1, -0.05) is 32.9 Å². The number of aromatic nitrogens is 1. The number of amides is 1. The number of carbonyl (C=O) groups is 1. The summed E-state index contributed by atoms with van der Waals surface area (Å²) in [6.07, 6.45) is 2.22. The molecule has 1 heterocycles. The van der Waals surface area contributed by atoms with Crippen molar-refractivity contribution < 1.29 is 14.3 Å². The minimum Gasteiger partial charge on any atom is -0.508 e. The van der Waals surface area contributed by atoms with Gasteiger partial charge in [-0.15, -0.1) is 0 Å². The first kappa shape index (κ1) is 15.1. The minimum absolute atomic E-state index is 0.0795. The van der Waals surface area contributed by atoms with E-state index in [-0.39, 0.29) is 23.0 Å². The predicted molar refractivity (Wildman–Crippen MR) is 79.3 cm³/mol. The Kier molecular flexibility index (Phi) is 4.31. The number of hydrogen-bond donors (Lipinski definition) is 2. The Labute approximate surface area is 124 Å². The maximum atomic E-state index is 11.9. The van der Waals surface area contributed by atoms with E-state index >= 15 is 0 Å². The predicted octanol–water partition coefficient (Wildman–Crippen LogP) is 2.65. The molecule has 1 aromatic carbocycles. The van der Waals surface area contributed by atoms with E-state index in [2.05, 4.69) is 10.3 Å². The molecule has 112 valence electrons. The molecule has 5 nitrogen and oxygen atoms in total. The van der Waals surface area contributed by atoms with Crippen molar-refractivity contribution in [3.8, 4) is 5.75 Å². The van der Waals surface area contributed by atoms with Crippen molar-refractivity contribution in [2.24, 2.45) is 0 Å². The lowest BCUT2D eigenvalue weighted by Gasteiger charge is -2.12. The molecule has 0 aliphatic rings. The van der Waals surface area contributed by atoms with Gasteiger partial charge in [-0.05, 0) is 24.1 Å². The highest BCUT2D eigenvalue weighted by atomic mass is 16.4. The molecule has 2 aromatic rings. The van der Waals surface area contributed by atoms with Gasteiger partial charge >= 0.3 is 5.91 Å². The lowest BCUT2D eigenvalue weighted by molar-refractivity contribution is 0.0916. The van der Waals surface area contributed by atoms with E-state index in [1.165, 1.54) is 0 Å². The summed E-state index contributed by atoms with van der Waals surface area (Å²) in [6, 6.07) is 6.96. The third-order valence-electron chi connectivity index (χ3n) is 3.05. The van der Waals surface area contributed by atoms with Gasteiger partial charge in [0.25, 0.3) is 5.89 Å². The smallest absolute Gasteiger partial charge is 0.307 e. The van der Waals surface area contributed by atoms with Crippen molar-refractivity contribution in [3.63, 3.8) is 0 Å². The van der Waals surface area contributed by atoms with Crippen LogP contribution in [0.2, 0.25) is 0 Å². The summed E-state index contributed by atoms with van der Waals surface area (Å²) in [7, 11) is 0. The Morgan fingerprint density at radius 2 is 2.14 bits per heavy atom. The van der Waals surface area contributed by atoms with Gasteiger partial charge in [-0.25, -0.2) is 4.98 Å². The molecule has 2 rings (SSSR count). The fourth-order valence-corrected chi connectivity index (χ4v) is 1.83. The molecular formula is C16H20N2O3. The molecule has 5 heteroatoms. The van der Waals surface area contributed by atoms with Crippen LogP contribution in [0.4, 0.5) is 0 Å². The molecule has 0 saturated heterocycles. The van der Waals surface area contributed by atoms with E-state index in [1.54, 1.807) is 24.4 Å². The van der Waals surface area contributed by atoms with E-state index in [4.69, 9.17) is 4.42 Å². The summed E-state index contributed by atoms with van der Waals surface area (Å²) in [6.45, 7) is 6.45. The third kappa shape index (κ3) is 4.08. The van der Waals surface area contributed by atoms with E-state index in [9.17, 15) is 9.90 Å². The monoisotopic (exact) mass is 288 g/mol. The lowest BCUT2D eigenvalue weighted by atomic mass is 9.94. The summed E-state index contributed by atoms with van der Waals surface area (Å²) in [4.78, 5) is 15.9. The van der Waals surface area contributed by atoms with E-state index in [0.29, 0.717) is 18.7 Å². The van der Waals surface area contributed by atoms with Crippen molar-refractivity contribution in [3.05, 3.63) is 47.7 Å². The van der Waals surface area contributed by atoms with Gasteiger partial charge in [0.1, 0.15) is 11.5 Å². The number of aromatic hydroxyl groups is 1. The van der Waals surface area contributed by atoms with Crippen LogP contribution in [0.5, 0.6) is 5.75 Å². The molecule has 0 spiro atoms. The van der Waals surface area contributed by atoms with Gasteiger partial charge in [0, 0.05) is 12.0 Å². The number of benzene rings is 1. The van der Waals surface area contributed by atoms with Crippen molar-refractivity contribution in [1.82, 2.24) is 10.3 Å². The second-order valence-electron chi connectivity index (χ2n) is 5.96. The first-order chi connectivity index (χ1) is 9.86. The largest absolute Gasteiger partial charge is 0.508 e. The lowest BCUT2D eigenvalue weighted by Crippen LogP contribution is -2.26. The second-order valence-corrected chi connectivity index (χ2v) is 5.96. The Balaban J connectivity index is 1.89. The number of hydrogen-bond acceptors (Lipinski definition) is 4. The van der Waals surface area contributed by atoms with Crippen LogP contribution in [0.25, 0.3) is 0 Å². The van der Waals surface area contributed by atoms with Gasteiger partial charge in [0.2, 0.25) is 0 Å². The van der Waals surface area contributed by atoms with Crippen LogP contribution in [0.1, 0.15) is 42.8 Å². The fraction of sp³-hybridized carbons (Fsp3) is 0.375. The van der Waals surface area contributed by atoms with Crippen LogP contribution in [-0.4, -0.2) is 22.5 Å². The van der Waals surface area contributed by atoms with E-state index in [1.807, 2.05) is 26.8 Å². The molecule has 0 unspecified atom stereocenters. The van der Waals surface area contributed by atoms with E-state index < -0.39 is 0 Å². The molecular weight excluding hydrogens is 268 g/mol. The molecule has 0 bridgehead atoms. The van der Waals surface area contributed by atoms with Crippen molar-refractivity contribution in [1.29, 1.82) is 0 Å². The molecule has 1 aromatic heterocycles. The Bertz CT molecular complexity index is 626. The van der Waals surface area contributed by atoms with Crippen LogP contribution in [0.15, 0.2) is 34.9 Å². The SMILES string of the molecule is CC(C)(C)c1cnc(C(=O)NCCc2cccc(O)c2)o1.